The van der Waals surface area contributed by atoms with Crippen molar-refractivity contribution in [1.82, 2.24) is 14.7 Å². The number of nitro groups is 1. The zero-order valence-corrected chi connectivity index (χ0v) is 16.8. The third kappa shape index (κ3) is 3.81. The van der Waals surface area contributed by atoms with E-state index >= 15 is 0 Å². The maximum Gasteiger partial charge on any atom is 0.269 e. The van der Waals surface area contributed by atoms with Crippen molar-refractivity contribution in [2.75, 3.05) is 32.7 Å². The summed E-state index contributed by atoms with van der Waals surface area (Å²) in [6, 6.07) is 15.8. The number of rotatable bonds is 5. The number of carbonyl (C=O) groups excluding carboxylic acids is 1. The molecule has 30 heavy (non-hydrogen) atoms. The van der Waals surface area contributed by atoms with Gasteiger partial charge in [-0.05, 0) is 19.1 Å². The molecule has 2 aromatic carbocycles. The highest BCUT2D eigenvalue weighted by Crippen LogP contribution is 2.28. The zero-order valence-electron chi connectivity index (χ0n) is 16.8. The molecule has 154 valence electrons. The number of aromatic nitrogens is 2. The SMILES string of the molecule is CC[NH+]1CCN(C(=O)c2cnn(-c3ccc([N+](=O)[O-])cc3)c2-c2ccccc2)CC1. The average Bonchev–Trinajstić information content (AvgIpc) is 3.24. The third-order valence-corrected chi connectivity index (χ3v) is 5.61. The Morgan fingerprint density at radius 3 is 2.37 bits per heavy atom. The first kappa shape index (κ1) is 19.8. The number of quaternary nitrogens is 1. The summed E-state index contributed by atoms with van der Waals surface area (Å²) in [5.74, 6) is -0.0304. The number of hydrogen-bond donors (Lipinski definition) is 1. The first-order valence-corrected chi connectivity index (χ1v) is 10.1. The van der Waals surface area contributed by atoms with Crippen LogP contribution in [0.25, 0.3) is 16.9 Å². The largest absolute Gasteiger partial charge is 0.332 e. The molecule has 1 aliphatic heterocycles. The predicted molar refractivity (Wildman–Crippen MR) is 113 cm³/mol. The highest BCUT2D eigenvalue weighted by Gasteiger charge is 2.28. The number of hydrogen-bond acceptors (Lipinski definition) is 4. The molecule has 0 atom stereocenters. The Morgan fingerprint density at radius 2 is 1.77 bits per heavy atom. The van der Waals surface area contributed by atoms with Gasteiger partial charge < -0.3 is 9.80 Å². The predicted octanol–water partition coefficient (Wildman–Crippen LogP) is 1.81. The van der Waals surface area contributed by atoms with Crippen LogP contribution >= 0.6 is 0 Å². The van der Waals surface area contributed by atoms with Crippen LogP contribution in [0.1, 0.15) is 17.3 Å². The molecule has 8 nitrogen and oxygen atoms in total. The summed E-state index contributed by atoms with van der Waals surface area (Å²) in [4.78, 5) is 27.3. The molecule has 0 saturated carbocycles. The molecule has 1 aromatic heterocycles. The van der Waals surface area contributed by atoms with Crippen LogP contribution in [0.5, 0.6) is 0 Å². The molecule has 0 radical (unpaired) electrons. The smallest absolute Gasteiger partial charge is 0.269 e. The van der Waals surface area contributed by atoms with Crippen LogP contribution in [-0.4, -0.2) is 58.2 Å². The van der Waals surface area contributed by atoms with Crippen LogP contribution < -0.4 is 4.90 Å². The molecule has 0 bridgehead atoms. The van der Waals surface area contributed by atoms with E-state index in [9.17, 15) is 14.9 Å². The van der Waals surface area contributed by atoms with E-state index in [2.05, 4.69) is 12.0 Å². The number of amides is 1. The Bertz CT molecular complexity index is 1040. The lowest BCUT2D eigenvalue weighted by molar-refractivity contribution is -0.902. The number of nitro benzene ring substituents is 1. The number of nitrogens with zero attached hydrogens (tertiary/aromatic N) is 4. The summed E-state index contributed by atoms with van der Waals surface area (Å²) in [6.07, 6.45) is 1.60. The van der Waals surface area contributed by atoms with E-state index in [1.54, 1.807) is 23.0 Å². The molecule has 8 heteroatoms. The second kappa shape index (κ2) is 8.46. The minimum Gasteiger partial charge on any atom is -0.332 e. The highest BCUT2D eigenvalue weighted by atomic mass is 16.6. The summed E-state index contributed by atoms with van der Waals surface area (Å²) in [5.41, 5.74) is 2.78. The monoisotopic (exact) mass is 406 g/mol. The lowest BCUT2D eigenvalue weighted by Gasteiger charge is -2.31. The number of carbonyl (C=O) groups is 1. The van der Waals surface area contributed by atoms with Crippen LogP contribution in [0, 0.1) is 10.1 Å². The molecule has 0 aliphatic carbocycles. The molecular weight excluding hydrogens is 382 g/mol. The summed E-state index contributed by atoms with van der Waals surface area (Å²) < 4.78 is 1.68. The van der Waals surface area contributed by atoms with Crippen LogP contribution in [-0.2, 0) is 0 Å². The Labute approximate surface area is 174 Å². The summed E-state index contributed by atoms with van der Waals surface area (Å²) in [6.45, 7) is 6.56. The lowest BCUT2D eigenvalue weighted by Crippen LogP contribution is -3.14. The van der Waals surface area contributed by atoms with Gasteiger partial charge in [0.15, 0.2) is 0 Å². The van der Waals surface area contributed by atoms with Crippen LogP contribution in [0.3, 0.4) is 0 Å². The van der Waals surface area contributed by atoms with Crippen molar-refractivity contribution < 1.29 is 14.6 Å². The fourth-order valence-electron chi connectivity index (χ4n) is 3.84. The van der Waals surface area contributed by atoms with Gasteiger partial charge in [0, 0.05) is 17.7 Å². The number of piperazine rings is 1. The second-order valence-corrected chi connectivity index (χ2v) is 7.35. The fraction of sp³-hybridized carbons (Fsp3) is 0.273. The fourth-order valence-corrected chi connectivity index (χ4v) is 3.84. The first-order chi connectivity index (χ1) is 14.6. The highest BCUT2D eigenvalue weighted by molar-refractivity contribution is 6.00. The van der Waals surface area contributed by atoms with Gasteiger partial charge in [0.2, 0.25) is 0 Å². The van der Waals surface area contributed by atoms with Crippen LogP contribution in [0.4, 0.5) is 5.69 Å². The van der Waals surface area contributed by atoms with Crippen molar-refractivity contribution in [3.8, 4) is 16.9 Å². The zero-order chi connectivity index (χ0) is 21.1. The summed E-state index contributed by atoms with van der Waals surface area (Å²) in [5, 5.41) is 15.5. The van der Waals surface area contributed by atoms with Crippen molar-refractivity contribution in [2.24, 2.45) is 0 Å². The minimum absolute atomic E-state index is 0.0137. The first-order valence-electron chi connectivity index (χ1n) is 10.1. The Kier molecular flexibility index (Phi) is 5.58. The summed E-state index contributed by atoms with van der Waals surface area (Å²) >= 11 is 0. The standard InChI is InChI=1S/C22H23N5O3/c1-2-24-12-14-25(15-13-24)22(28)20-16-23-26(21(20)17-6-4-3-5-7-17)18-8-10-19(11-9-18)27(29)30/h3-11,16H,2,12-15H2,1H3/p+1. The number of non-ortho nitro benzene ring substituents is 1. The van der Waals surface area contributed by atoms with Gasteiger partial charge in [0.25, 0.3) is 11.6 Å². The van der Waals surface area contributed by atoms with Gasteiger partial charge >= 0.3 is 0 Å². The van der Waals surface area contributed by atoms with Crippen molar-refractivity contribution in [1.29, 1.82) is 0 Å². The molecule has 1 aliphatic rings. The molecule has 0 spiro atoms. The molecule has 1 saturated heterocycles. The van der Waals surface area contributed by atoms with Gasteiger partial charge in [0.1, 0.15) is 0 Å². The maximum atomic E-state index is 13.4. The Morgan fingerprint density at radius 1 is 1.10 bits per heavy atom. The van der Waals surface area contributed by atoms with Crippen molar-refractivity contribution >= 4 is 11.6 Å². The molecule has 1 N–H and O–H groups in total. The number of benzene rings is 2. The van der Waals surface area contributed by atoms with Crippen molar-refractivity contribution in [2.45, 2.75) is 6.92 Å². The molecule has 3 aromatic rings. The van der Waals surface area contributed by atoms with E-state index in [4.69, 9.17) is 0 Å². The van der Waals surface area contributed by atoms with Gasteiger partial charge in [-0.1, -0.05) is 30.3 Å². The van der Waals surface area contributed by atoms with Crippen molar-refractivity contribution in [3.63, 3.8) is 0 Å². The topological polar surface area (TPSA) is 85.7 Å². The van der Waals surface area contributed by atoms with Crippen molar-refractivity contribution in [3.05, 3.63) is 76.5 Å². The van der Waals surface area contributed by atoms with Gasteiger partial charge in [-0.2, -0.15) is 5.10 Å². The van der Waals surface area contributed by atoms with Gasteiger partial charge in [0.05, 0.1) is 60.8 Å². The minimum atomic E-state index is -0.433. The van der Waals surface area contributed by atoms with E-state index in [-0.39, 0.29) is 11.6 Å². The van der Waals surface area contributed by atoms with Crippen LogP contribution in [0.15, 0.2) is 60.8 Å². The quantitative estimate of drug-likeness (QED) is 0.517. The van der Waals surface area contributed by atoms with Crippen LogP contribution in [0.2, 0.25) is 0 Å². The second-order valence-electron chi connectivity index (χ2n) is 7.35. The third-order valence-electron chi connectivity index (χ3n) is 5.61. The van der Waals surface area contributed by atoms with E-state index in [1.807, 2.05) is 35.2 Å². The lowest BCUT2D eigenvalue weighted by atomic mass is 10.1. The Balaban J connectivity index is 1.73. The molecule has 1 amide bonds. The molecule has 2 heterocycles. The normalized spacial score (nSPS) is 14.6. The average molecular weight is 406 g/mol. The molecule has 0 unspecified atom stereocenters. The summed E-state index contributed by atoms with van der Waals surface area (Å²) in [7, 11) is 0. The van der Waals surface area contributed by atoms with E-state index in [0.29, 0.717) is 16.9 Å². The Hall–Kier alpha value is -3.52. The molecule has 4 rings (SSSR count). The number of nitrogens with one attached hydrogen (secondary N) is 1. The maximum absolute atomic E-state index is 13.4. The van der Waals surface area contributed by atoms with Gasteiger partial charge in [-0.15, -0.1) is 0 Å². The van der Waals surface area contributed by atoms with Gasteiger partial charge in [-0.25, -0.2) is 4.68 Å². The molecule has 1 fully saturated rings. The van der Waals surface area contributed by atoms with Gasteiger partial charge in [-0.3, -0.25) is 14.9 Å². The molecular formula is C22H24N5O3+. The van der Waals surface area contributed by atoms with E-state index in [1.165, 1.54) is 17.0 Å². The van der Waals surface area contributed by atoms with E-state index < -0.39 is 4.92 Å². The number of likely N-dealkylation sites (N-methyl/N-ethyl adjacent to an activating group) is 1. The van der Waals surface area contributed by atoms with E-state index in [0.717, 1.165) is 38.3 Å².